The second kappa shape index (κ2) is 4.21. The number of amides is 1. The SMILES string of the molecule is CN(N)C(=O)C(C)(C)c1ccc(Cl)cc1. The Labute approximate surface area is 94.8 Å². The van der Waals surface area contributed by atoms with Gasteiger partial charge in [0.05, 0.1) is 5.41 Å². The summed E-state index contributed by atoms with van der Waals surface area (Å²) >= 11 is 5.78. The second-order valence-electron chi connectivity index (χ2n) is 4.05. The molecule has 0 aliphatic rings. The van der Waals surface area contributed by atoms with Gasteiger partial charge < -0.3 is 0 Å². The summed E-state index contributed by atoms with van der Waals surface area (Å²) in [5.74, 6) is 5.31. The highest BCUT2D eigenvalue weighted by atomic mass is 35.5. The van der Waals surface area contributed by atoms with Crippen molar-refractivity contribution < 1.29 is 4.79 Å². The van der Waals surface area contributed by atoms with E-state index in [1.54, 1.807) is 19.2 Å². The predicted octanol–water partition coefficient (Wildman–Crippen LogP) is 1.95. The number of nitrogens with two attached hydrogens (primary N) is 1. The highest BCUT2D eigenvalue weighted by Gasteiger charge is 2.31. The summed E-state index contributed by atoms with van der Waals surface area (Å²) in [7, 11) is 1.54. The molecule has 4 heteroatoms. The Hall–Kier alpha value is -1.06. The molecule has 1 rings (SSSR count). The Morgan fingerprint density at radius 2 is 1.80 bits per heavy atom. The van der Waals surface area contributed by atoms with Crippen molar-refractivity contribution in [3.63, 3.8) is 0 Å². The maximum Gasteiger partial charge on any atom is 0.246 e. The normalized spacial score (nSPS) is 11.3. The van der Waals surface area contributed by atoms with Gasteiger partial charge >= 0.3 is 0 Å². The number of rotatable bonds is 2. The van der Waals surface area contributed by atoms with Crippen LogP contribution >= 0.6 is 11.6 Å². The van der Waals surface area contributed by atoms with Crippen LogP contribution < -0.4 is 5.84 Å². The average molecular weight is 227 g/mol. The van der Waals surface area contributed by atoms with Crippen molar-refractivity contribution in [2.75, 3.05) is 7.05 Å². The summed E-state index contributed by atoms with van der Waals surface area (Å²) < 4.78 is 0. The number of likely N-dealkylation sites (N-methyl/N-ethyl adjacent to an activating group) is 1. The molecule has 82 valence electrons. The van der Waals surface area contributed by atoms with Crippen molar-refractivity contribution in [2.45, 2.75) is 19.3 Å². The molecule has 15 heavy (non-hydrogen) atoms. The number of hydrazine groups is 1. The molecule has 0 saturated heterocycles. The topological polar surface area (TPSA) is 46.3 Å². The molecule has 0 aliphatic carbocycles. The Kier molecular flexibility index (Phi) is 3.37. The third kappa shape index (κ3) is 2.49. The van der Waals surface area contributed by atoms with Crippen LogP contribution in [0.1, 0.15) is 19.4 Å². The largest absolute Gasteiger partial charge is 0.283 e. The molecule has 0 aliphatic heterocycles. The van der Waals surface area contributed by atoms with Crippen molar-refractivity contribution in [3.8, 4) is 0 Å². The van der Waals surface area contributed by atoms with E-state index >= 15 is 0 Å². The Morgan fingerprint density at radius 3 is 2.20 bits per heavy atom. The van der Waals surface area contributed by atoms with Gasteiger partial charge in [0.25, 0.3) is 0 Å². The first-order chi connectivity index (χ1) is 6.85. The lowest BCUT2D eigenvalue weighted by Crippen LogP contribution is -2.44. The fourth-order valence-electron chi connectivity index (χ4n) is 1.43. The van der Waals surface area contributed by atoms with E-state index in [1.807, 2.05) is 26.0 Å². The lowest BCUT2D eigenvalue weighted by Gasteiger charge is -2.27. The minimum Gasteiger partial charge on any atom is -0.283 e. The van der Waals surface area contributed by atoms with Gasteiger partial charge in [0.1, 0.15) is 0 Å². The van der Waals surface area contributed by atoms with Gasteiger partial charge in [0.15, 0.2) is 0 Å². The molecule has 0 atom stereocenters. The van der Waals surface area contributed by atoms with Crippen LogP contribution in [0.25, 0.3) is 0 Å². The van der Waals surface area contributed by atoms with E-state index in [-0.39, 0.29) is 5.91 Å². The summed E-state index contributed by atoms with van der Waals surface area (Å²) in [4.78, 5) is 11.8. The monoisotopic (exact) mass is 226 g/mol. The summed E-state index contributed by atoms with van der Waals surface area (Å²) in [6, 6.07) is 7.21. The zero-order chi connectivity index (χ0) is 11.6. The Bertz CT molecular complexity index is 357. The molecule has 0 bridgehead atoms. The molecule has 0 saturated carbocycles. The lowest BCUT2D eigenvalue weighted by molar-refractivity contribution is -0.135. The predicted molar refractivity (Wildman–Crippen MR) is 61.4 cm³/mol. The summed E-state index contributed by atoms with van der Waals surface area (Å²) in [6.07, 6.45) is 0. The molecule has 0 fully saturated rings. The molecule has 0 unspecified atom stereocenters. The number of nitrogens with zero attached hydrogens (tertiary/aromatic N) is 1. The fourth-order valence-corrected chi connectivity index (χ4v) is 1.56. The third-order valence-corrected chi connectivity index (χ3v) is 2.67. The smallest absolute Gasteiger partial charge is 0.246 e. The zero-order valence-electron chi connectivity index (χ0n) is 9.12. The third-order valence-electron chi connectivity index (χ3n) is 2.42. The highest BCUT2D eigenvalue weighted by molar-refractivity contribution is 6.30. The molecule has 0 spiro atoms. The zero-order valence-corrected chi connectivity index (χ0v) is 9.88. The van der Waals surface area contributed by atoms with Crippen LogP contribution in [0.4, 0.5) is 0 Å². The number of hydrogen-bond donors (Lipinski definition) is 1. The van der Waals surface area contributed by atoms with Crippen molar-refractivity contribution >= 4 is 17.5 Å². The molecular formula is C11H15ClN2O. The first-order valence-electron chi connectivity index (χ1n) is 4.64. The average Bonchev–Trinajstić information content (AvgIpc) is 2.17. The maximum absolute atomic E-state index is 11.8. The second-order valence-corrected chi connectivity index (χ2v) is 4.48. The van der Waals surface area contributed by atoms with Gasteiger partial charge in [0, 0.05) is 12.1 Å². The van der Waals surface area contributed by atoms with Gasteiger partial charge in [-0.25, -0.2) is 5.84 Å². The van der Waals surface area contributed by atoms with Crippen molar-refractivity contribution in [3.05, 3.63) is 34.9 Å². The first-order valence-corrected chi connectivity index (χ1v) is 5.02. The summed E-state index contributed by atoms with van der Waals surface area (Å²) in [6.45, 7) is 3.67. The van der Waals surface area contributed by atoms with E-state index in [1.165, 1.54) is 0 Å². The van der Waals surface area contributed by atoms with Gasteiger partial charge in [-0.1, -0.05) is 23.7 Å². The van der Waals surface area contributed by atoms with E-state index < -0.39 is 5.41 Å². The minimum absolute atomic E-state index is 0.134. The first kappa shape index (κ1) is 12.0. The lowest BCUT2D eigenvalue weighted by atomic mass is 9.83. The van der Waals surface area contributed by atoms with Crippen molar-refractivity contribution in [1.29, 1.82) is 0 Å². The van der Waals surface area contributed by atoms with Crippen LogP contribution in [0.3, 0.4) is 0 Å². The minimum atomic E-state index is -0.631. The quantitative estimate of drug-likeness (QED) is 0.476. The van der Waals surface area contributed by atoms with Crippen LogP contribution in [0.15, 0.2) is 24.3 Å². The van der Waals surface area contributed by atoms with E-state index in [9.17, 15) is 4.79 Å². The van der Waals surface area contributed by atoms with Crippen LogP contribution in [0, 0.1) is 0 Å². The van der Waals surface area contributed by atoms with Crippen LogP contribution in [0.5, 0.6) is 0 Å². The molecule has 3 nitrogen and oxygen atoms in total. The maximum atomic E-state index is 11.8. The molecule has 1 aromatic rings. The van der Waals surface area contributed by atoms with Gasteiger partial charge in [-0.05, 0) is 31.5 Å². The van der Waals surface area contributed by atoms with Crippen molar-refractivity contribution in [1.82, 2.24) is 5.01 Å². The summed E-state index contributed by atoms with van der Waals surface area (Å²) in [5, 5.41) is 1.76. The Balaban J connectivity index is 3.05. The van der Waals surface area contributed by atoms with Gasteiger partial charge in [-0.3, -0.25) is 9.80 Å². The number of hydrogen-bond acceptors (Lipinski definition) is 2. The standard InChI is InChI=1S/C11H15ClN2O/c1-11(2,10(15)14(3)13)8-4-6-9(12)7-5-8/h4-7H,13H2,1-3H3. The molecule has 1 amide bonds. The van der Waals surface area contributed by atoms with Crippen molar-refractivity contribution in [2.24, 2.45) is 5.84 Å². The number of carbonyl (C=O) groups excluding carboxylic acids is 1. The highest BCUT2D eigenvalue weighted by Crippen LogP contribution is 2.25. The van der Waals surface area contributed by atoms with E-state index in [0.29, 0.717) is 5.02 Å². The molecular weight excluding hydrogens is 212 g/mol. The molecule has 0 heterocycles. The van der Waals surface area contributed by atoms with Gasteiger partial charge in [0.2, 0.25) is 5.91 Å². The van der Waals surface area contributed by atoms with Crippen LogP contribution in [-0.2, 0) is 10.2 Å². The van der Waals surface area contributed by atoms with E-state index in [0.717, 1.165) is 10.6 Å². The van der Waals surface area contributed by atoms with E-state index in [2.05, 4.69) is 0 Å². The van der Waals surface area contributed by atoms with Crippen LogP contribution in [0.2, 0.25) is 5.02 Å². The molecule has 2 N–H and O–H groups in total. The number of halogens is 1. The van der Waals surface area contributed by atoms with Gasteiger partial charge in [-0.2, -0.15) is 0 Å². The van der Waals surface area contributed by atoms with Gasteiger partial charge in [-0.15, -0.1) is 0 Å². The number of carbonyl (C=O) groups is 1. The van der Waals surface area contributed by atoms with Crippen LogP contribution in [-0.4, -0.2) is 18.0 Å². The molecule has 1 aromatic carbocycles. The molecule has 0 aromatic heterocycles. The summed E-state index contributed by atoms with van der Waals surface area (Å²) in [5.41, 5.74) is 0.267. The molecule has 0 radical (unpaired) electrons. The van der Waals surface area contributed by atoms with E-state index in [4.69, 9.17) is 17.4 Å². The number of benzene rings is 1. The Morgan fingerprint density at radius 1 is 1.33 bits per heavy atom. The fraction of sp³-hybridized carbons (Fsp3) is 0.364.